The topological polar surface area (TPSA) is 68.0 Å². The highest BCUT2D eigenvalue weighted by atomic mass is 35.5. The van der Waals surface area contributed by atoms with Crippen molar-refractivity contribution in [3.63, 3.8) is 0 Å². The van der Waals surface area contributed by atoms with E-state index in [2.05, 4.69) is 21.6 Å². The lowest BCUT2D eigenvalue weighted by Crippen LogP contribution is -2.25. The number of carbonyl (C=O) groups excluding carboxylic acids is 1. The van der Waals surface area contributed by atoms with Crippen LogP contribution in [-0.4, -0.2) is 22.6 Å². The fourth-order valence-corrected chi connectivity index (χ4v) is 3.04. The summed E-state index contributed by atoms with van der Waals surface area (Å²) in [5.74, 6) is -0.848. The van der Waals surface area contributed by atoms with Gasteiger partial charge >= 0.3 is 11.8 Å². The van der Waals surface area contributed by atoms with Gasteiger partial charge in [0, 0.05) is 17.1 Å². The van der Waals surface area contributed by atoms with E-state index < -0.39 is 11.7 Å². The normalized spacial score (nSPS) is 14.2. The number of nitrogens with zero attached hydrogens (tertiary/aromatic N) is 2. The molecule has 1 aromatic heterocycles. The first kappa shape index (κ1) is 17.6. The second-order valence-corrected chi connectivity index (χ2v) is 6.40. The fourth-order valence-electron chi connectivity index (χ4n) is 2.81. The van der Waals surface area contributed by atoms with Crippen LogP contribution in [0.5, 0.6) is 0 Å². The van der Waals surface area contributed by atoms with Crippen molar-refractivity contribution in [2.24, 2.45) is 0 Å². The molecule has 1 aliphatic rings. The SMILES string of the molecule is O=C(NCCC1=CCCCC1)c1nnc(Cc2c(F)cccc2Cl)o1. The third-order valence-electron chi connectivity index (χ3n) is 4.17. The molecule has 0 spiro atoms. The molecule has 0 saturated carbocycles. The first-order valence-electron chi connectivity index (χ1n) is 8.35. The molecule has 1 N–H and O–H groups in total. The third-order valence-corrected chi connectivity index (χ3v) is 4.52. The van der Waals surface area contributed by atoms with Gasteiger partial charge in [-0.15, -0.1) is 10.2 Å². The first-order chi connectivity index (χ1) is 12.1. The van der Waals surface area contributed by atoms with Gasteiger partial charge in [0.1, 0.15) is 5.82 Å². The lowest BCUT2D eigenvalue weighted by molar-refractivity contribution is 0.0917. The third kappa shape index (κ3) is 4.66. The van der Waals surface area contributed by atoms with E-state index >= 15 is 0 Å². The Labute approximate surface area is 150 Å². The van der Waals surface area contributed by atoms with Crippen molar-refractivity contribution in [3.05, 3.63) is 58.0 Å². The van der Waals surface area contributed by atoms with Gasteiger partial charge in [-0.3, -0.25) is 4.79 Å². The molecule has 1 aromatic carbocycles. The molecule has 25 heavy (non-hydrogen) atoms. The molecular weight excluding hydrogens is 345 g/mol. The number of hydrogen-bond acceptors (Lipinski definition) is 4. The average Bonchev–Trinajstić information content (AvgIpc) is 3.08. The monoisotopic (exact) mass is 363 g/mol. The number of rotatable bonds is 6. The lowest BCUT2D eigenvalue weighted by Gasteiger charge is -2.12. The van der Waals surface area contributed by atoms with E-state index in [1.165, 1.54) is 30.5 Å². The van der Waals surface area contributed by atoms with Gasteiger partial charge in [-0.05, 0) is 44.2 Å². The molecule has 7 heteroatoms. The molecule has 5 nitrogen and oxygen atoms in total. The molecule has 0 fully saturated rings. The highest BCUT2D eigenvalue weighted by Crippen LogP contribution is 2.22. The second-order valence-electron chi connectivity index (χ2n) is 5.99. The zero-order valence-electron chi connectivity index (χ0n) is 13.7. The minimum atomic E-state index is -0.447. The number of carbonyl (C=O) groups is 1. The van der Waals surface area contributed by atoms with Crippen LogP contribution in [0.1, 0.15) is 54.2 Å². The van der Waals surface area contributed by atoms with Gasteiger partial charge in [0.05, 0.1) is 6.42 Å². The van der Waals surface area contributed by atoms with E-state index in [0.717, 1.165) is 19.3 Å². The van der Waals surface area contributed by atoms with Crippen molar-refractivity contribution in [2.45, 2.75) is 38.5 Å². The van der Waals surface area contributed by atoms with Crippen molar-refractivity contribution in [1.29, 1.82) is 0 Å². The number of benzene rings is 1. The summed E-state index contributed by atoms with van der Waals surface area (Å²) in [6.07, 6.45) is 7.80. The zero-order chi connectivity index (χ0) is 17.6. The fraction of sp³-hybridized carbons (Fsp3) is 0.389. The van der Waals surface area contributed by atoms with Crippen LogP contribution in [0.3, 0.4) is 0 Å². The van der Waals surface area contributed by atoms with E-state index in [1.807, 2.05) is 0 Å². The van der Waals surface area contributed by atoms with E-state index in [9.17, 15) is 9.18 Å². The predicted octanol–water partition coefficient (Wildman–Crippen LogP) is 4.07. The van der Waals surface area contributed by atoms with Gasteiger partial charge in [0.2, 0.25) is 5.89 Å². The number of amides is 1. The summed E-state index contributed by atoms with van der Waals surface area (Å²) in [4.78, 5) is 12.1. The molecule has 3 rings (SSSR count). The molecule has 1 amide bonds. The quantitative estimate of drug-likeness (QED) is 0.785. The van der Waals surface area contributed by atoms with Crippen LogP contribution in [0.2, 0.25) is 5.02 Å². The largest absolute Gasteiger partial charge is 0.417 e. The minimum Gasteiger partial charge on any atom is -0.417 e. The molecule has 1 heterocycles. The average molecular weight is 364 g/mol. The molecule has 2 aromatic rings. The molecule has 0 aliphatic heterocycles. The molecule has 0 unspecified atom stereocenters. The Morgan fingerprint density at radius 3 is 2.96 bits per heavy atom. The van der Waals surface area contributed by atoms with E-state index in [4.69, 9.17) is 16.0 Å². The number of hydrogen-bond donors (Lipinski definition) is 1. The zero-order valence-corrected chi connectivity index (χ0v) is 14.5. The first-order valence-corrected chi connectivity index (χ1v) is 8.72. The Bertz CT molecular complexity index is 768. The second kappa shape index (κ2) is 8.25. The molecular formula is C18H19ClFN3O2. The van der Waals surface area contributed by atoms with E-state index in [1.54, 1.807) is 6.07 Å². The maximum Gasteiger partial charge on any atom is 0.308 e. The van der Waals surface area contributed by atoms with E-state index in [0.29, 0.717) is 6.54 Å². The number of nitrogens with one attached hydrogen (secondary N) is 1. The van der Waals surface area contributed by atoms with Gasteiger partial charge in [-0.2, -0.15) is 0 Å². The number of halogens is 2. The molecule has 1 aliphatic carbocycles. The molecule has 0 bridgehead atoms. The summed E-state index contributed by atoms with van der Waals surface area (Å²) in [5.41, 5.74) is 1.65. The van der Waals surface area contributed by atoms with Gasteiger partial charge in [-0.1, -0.05) is 29.3 Å². The maximum atomic E-state index is 13.8. The van der Waals surface area contributed by atoms with Crippen LogP contribution in [0.4, 0.5) is 4.39 Å². The molecule has 0 saturated heterocycles. The van der Waals surface area contributed by atoms with Crippen molar-refractivity contribution in [1.82, 2.24) is 15.5 Å². The highest BCUT2D eigenvalue weighted by Gasteiger charge is 2.17. The summed E-state index contributed by atoms with van der Waals surface area (Å²) in [7, 11) is 0. The van der Waals surface area contributed by atoms with Gasteiger partial charge in [-0.25, -0.2) is 4.39 Å². The van der Waals surface area contributed by atoms with Crippen molar-refractivity contribution >= 4 is 17.5 Å². The lowest BCUT2D eigenvalue weighted by atomic mass is 9.97. The highest BCUT2D eigenvalue weighted by molar-refractivity contribution is 6.31. The van der Waals surface area contributed by atoms with Crippen LogP contribution in [0, 0.1) is 5.82 Å². The molecule has 0 radical (unpaired) electrons. The molecule has 0 atom stereocenters. The maximum absolute atomic E-state index is 13.8. The Morgan fingerprint density at radius 1 is 1.32 bits per heavy atom. The summed E-state index contributed by atoms with van der Waals surface area (Å²) < 4.78 is 19.1. The van der Waals surface area contributed by atoms with Gasteiger partial charge in [0.25, 0.3) is 0 Å². The summed E-state index contributed by atoms with van der Waals surface area (Å²) in [5, 5.41) is 10.6. The van der Waals surface area contributed by atoms with E-state index in [-0.39, 0.29) is 28.8 Å². The number of aromatic nitrogens is 2. The van der Waals surface area contributed by atoms with Crippen LogP contribution in [0.15, 0.2) is 34.3 Å². The van der Waals surface area contributed by atoms with Crippen LogP contribution in [-0.2, 0) is 6.42 Å². The summed E-state index contributed by atoms with van der Waals surface area (Å²) in [6.45, 7) is 0.529. The Kier molecular flexibility index (Phi) is 5.81. The Balaban J connectivity index is 1.55. The van der Waals surface area contributed by atoms with Crippen LogP contribution >= 0.6 is 11.6 Å². The predicted molar refractivity (Wildman–Crippen MR) is 92.0 cm³/mol. The van der Waals surface area contributed by atoms with Gasteiger partial charge in [0.15, 0.2) is 0 Å². The van der Waals surface area contributed by atoms with Crippen molar-refractivity contribution in [3.8, 4) is 0 Å². The standard InChI is InChI=1S/C18H19ClFN3O2/c19-14-7-4-8-15(20)13(14)11-16-22-23-18(25-16)17(24)21-10-9-12-5-2-1-3-6-12/h4-5,7-8H,1-3,6,9-11H2,(H,21,24). The minimum absolute atomic E-state index is 0.0403. The Hall–Kier alpha value is -2.21. The van der Waals surface area contributed by atoms with Gasteiger partial charge < -0.3 is 9.73 Å². The summed E-state index contributed by atoms with van der Waals surface area (Å²) >= 11 is 5.98. The van der Waals surface area contributed by atoms with Crippen LogP contribution < -0.4 is 5.32 Å². The number of allylic oxidation sites excluding steroid dienone is 1. The van der Waals surface area contributed by atoms with Crippen molar-refractivity contribution < 1.29 is 13.6 Å². The summed E-state index contributed by atoms with van der Waals surface area (Å²) in [6, 6.07) is 4.42. The smallest absolute Gasteiger partial charge is 0.308 e. The Morgan fingerprint density at radius 2 is 2.20 bits per heavy atom. The van der Waals surface area contributed by atoms with Crippen molar-refractivity contribution in [2.75, 3.05) is 6.54 Å². The van der Waals surface area contributed by atoms with Crippen LogP contribution in [0.25, 0.3) is 0 Å². The molecule has 132 valence electrons.